The molecule has 4 nitrogen and oxygen atoms in total. The van der Waals surface area contributed by atoms with Crippen molar-refractivity contribution in [2.45, 2.75) is 31.7 Å². The van der Waals surface area contributed by atoms with Crippen LogP contribution in [0.5, 0.6) is 0 Å². The summed E-state index contributed by atoms with van der Waals surface area (Å²) >= 11 is 7.46. The Labute approximate surface area is 174 Å². The SMILES string of the molecule is CC[C@H](C(=O)NC)N(Cc1ccc(F)cc1)C(=O)CSCc1cccc(Cl)c1. The van der Waals surface area contributed by atoms with Crippen molar-refractivity contribution >= 4 is 35.2 Å². The number of hydrogen-bond donors (Lipinski definition) is 1. The zero-order valence-electron chi connectivity index (χ0n) is 16.0. The van der Waals surface area contributed by atoms with Gasteiger partial charge in [0.1, 0.15) is 11.9 Å². The van der Waals surface area contributed by atoms with E-state index in [1.165, 1.54) is 23.9 Å². The molecule has 2 aromatic rings. The average Bonchev–Trinajstić information content (AvgIpc) is 2.69. The maximum absolute atomic E-state index is 13.2. The van der Waals surface area contributed by atoms with Crippen LogP contribution in [0.25, 0.3) is 0 Å². The van der Waals surface area contributed by atoms with Crippen molar-refractivity contribution in [3.05, 3.63) is 70.5 Å². The van der Waals surface area contributed by atoms with Gasteiger partial charge in [-0.05, 0) is 41.8 Å². The van der Waals surface area contributed by atoms with Gasteiger partial charge < -0.3 is 10.2 Å². The molecule has 0 saturated carbocycles. The normalized spacial score (nSPS) is 11.7. The fraction of sp³-hybridized carbons (Fsp3) is 0.333. The van der Waals surface area contributed by atoms with E-state index in [0.717, 1.165) is 11.1 Å². The molecule has 1 N–H and O–H groups in total. The Morgan fingerprint density at radius 1 is 1.18 bits per heavy atom. The van der Waals surface area contributed by atoms with Crippen LogP contribution in [-0.2, 0) is 21.9 Å². The topological polar surface area (TPSA) is 49.4 Å². The summed E-state index contributed by atoms with van der Waals surface area (Å²) in [4.78, 5) is 26.8. The predicted molar refractivity (Wildman–Crippen MR) is 113 cm³/mol. The highest BCUT2D eigenvalue weighted by Crippen LogP contribution is 2.19. The Morgan fingerprint density at radius 2 is 1.89 bits per heavy atom. The van der Waals surface area contributed by atoms with Crippen LogP contribution >= 0.6 is 23.4 Å². The van der Waals surface area contributed by atoms with Crippen molar-refractivity contribution in [2.75, 3.05) is 12.8 Å². The molecule has 0 radical (unpaired) electrons. The molecule has 0 bridgehead atoms. The summed E-state index contributed by atoms with van der Waals surface area (Å²) < 4.78 is 13.2. The molecule has 0 spiro atoms. The molecule has 0 aliphatic carbocycles. The molecule has 0 aliphatic rings. The van der Waals surface area contributed by atoms with Gasteiger partial charge in [-0.1, -0.05) is 42.8 Å². The van der Waals surface area contributed by atoms with E-state index < -0.39 is 6.04 Å². The molecule has 2 amide bonds. The highest BCUT2D eigenvalue weighted by molar-refractivity contribution is 7.99. The van der Waals surface area contributed by atoms with Crippen LogP contribution in [-0.4, -0.2) is 35.6 Å². The average molecular weight is 423 g/mol. The van der Waals surface area contributed by atoms with Crippen LogP contribution in [0.3, 0.4) is 0 Å². The molecule has 1 atom stereocenters. The van der Waals surface area contributed by atoms with E-state index in [0.29, 0.717) is 17.2 Å². The van der Waals surface area contributed by atoms with Gasteiger partial charge >= 0.3 is 0 Å². The molecule has 0 saturated heterocycles. The second-order valence-electron chi connectivity index (χ2n) is 6.31. The van der Waals surface area contributed by atoms with Crippen molar-refractivity contribution in [2.24, 2.45) is 0 Å². The van der Waals surface area contributed by atoms with Gasteiger partial charge in [0.15, 0.2) is 0 Å². The summed E-state index contributed by atoms with van der Waals surface area (Å²) in [5.41, 5.74) is 1.81. The van der Waals surface area contributed by atoms with Crippen LogP contribution < -0.4 is 5.32 Å². The standard InChI is InChI=1S/C21H24ClFN2O2S/c1-3-19(21(27)24-2)25(12-15-7-9-18(23)10-8-15)20(26)14-28-13-16-5-4-6-17(22)11-16/h4-11,19H,3,12-14H2,1-2H3,(H,24,27)/t19-/m1/s1. The van der Waals surface area contributed by atoms with Gasteiger partial charge in [0.05, 0.1) is 5.75 Å². The molecule has 0 aromatic heterocycles. The maximum atomic E-state index is 13.2. The van der Waals surface area contributed by atoms with Gasteiger partial charge in [-0.25, -0.2) is 4.39 Å². The van der Waals surface area contributed by atoms with E-state index in [2.05, 4.69) is 5.32 Å². The first-order valence-corrected chi connectivity index (χ1v) is 10.6. The summed E-state index contributed by atoms with van der Waals surface area (Å²) in [6.07, 6.45) is 0.492. The van der Waals surface area contributed by atoms with Crippen molar-refractivity contribution in [1.82, 2.24) is 10.2 Å². The molecule has 2 rings (SSSR count). The summed E-state index contributed by atoms with van der Waals surface area (Å²) in [6, 6.07) is 12.9. The third-order valence-electron chi connectivity index (χ3n) is 4.28. The lowest BCUT2D eigenvalue weighted by Crippen LogP contribution is -2.48. The molecule has 150 valence electrons. The van der Waals surface area contributed by atoms with Gasteiger partial charge in [0, 0.05) is 24.4 Å². The zero-order valence-corrected chi connectivity index (χ0v) is 17.5. The highest BCUT2D eigenvalue weighted by atomic mass is 35.5. The number of benzene rings is 2. The van der Waals surface area contributed by atoms with Crippen molar-refractivity contribution in [1.29, 1.82) is 0 Å². The first-order valence-electron chi connectivity index (χ1n) is 9.02. The van der Waals surface area contributed by atoms with E-state index in [1.807, 2.05) is 25.1 Å². The van der Waals surface area contributed by atoms with E-state index in [9.17, 15) is 14.0 Å². The number of nitrogens with one attached hydrogen (secondary N) is 1. The third-order valence-corrected chi connectivity index (χ3v) is 5.51. The van der Waals surface area contributed by atoms with Gasteiger partial charge in [0.25, 0.3) is 0 Å². The minimum Gasteiger partial charge on any atom is -0.357 e. The molecule has 2 aromatic carbocycles. The van der Waals surface area contributed by atoms with E-state index >= 15 is 0 Å². The van der Waals surface area contributed by atoms with Gasteiger partial charge in [-0.15, -0.1) is 11.8 Å². The minimum absolute atomic E-state index is 0.133. The summed E-state index contributed by atoms with van der Waals surface area (Å²) in [5, 5.41) is 3.28. The van der Waals surface area contributed by atoms with Crippen LogP contribution in [0.2, 0.25) is 5.02 Å². The lowest BCUT2D eigenvalue weighted by molar-refractivity contribution is -0.139. The van der Waals surface area contributed by atoms with Crippen LogP contribution in [0.15, 0.2) is 48.5 Å². The number of carbonyl (C=O) groups is 2. The lowest BCUT2D eigenvalue weighted by Gasteiger charge is -2.30. The number of halogens is 2. The largest absolute Gasteiger partial charge is 0.357 e. The second kappa shape index (κ2) is 11.1. The minimum atomic E-state index is -0.575. The summed E-state index contributed by atoms with van der Waals surface area (Å²) in [7, 11) is 1.55. The number of thioether (sulfide) groups is 1. The Hall–Kier alpha value is -2.05. The van der Waals surface area contributed by atoms with E-state index in [1.54, 1.807) is 30.1 Å². The number of hydrogen-bond acceptors (Lipinski definition) is 3. The molecule has 0 heterocycles. The number of nitrogens with zero attached hydrogens (tertiary/aromatic N) is 1. The van der Waals surface area contributed by atoms with Gasteiger partial charge in [-0.3, -0.25) is 9.59 Å². The highest BCUT2D eigenvalue weighted by Gasteiger charge is 2.27. The molecule has 0 aliphatic heterocycles. The second-order valence-corrected chi connectivity index (χ2v) is 7.73. The fourth-order valence-corrected chi connectivity index (χ4v) is 3.91. The number of amides is 2. The number of carbonyl (C=O) groups excluding carboxylic acids is 2. The Balaban J connectivity index is 2.08. The van der Waals surface area contributed by atoms with E-state index in [4.69, 9.17) is 11.6 Å². The predicted octanol–water partition coefficient (Wildman–Crippen LogP) is 4.27. The first kappa shape index (κ1) is 22.2. The smallest absolute Gasteiger partial charge is 0.242 e. The third kappa shape index (κ3) is 6.53. The first-order chi connectivity index (χ1) is 13.4. The number of rotatable bonds is 9. The monoisotopic (exact) mass is 422 g/mol. The van der Waals surface area contributed by atoms with Crippen LogP contribution in [0.1, 0.15) is 24.5 Å². The lowest BCUT2D eigenvalue weighted by atomic mass is 10.1. The van der Waals surface area contributed by atoms with Gasteiger partial charge in [-0.2, -0.15) is 0 Å². The Morgan fingerprint density at radius 3 is 2.50 bits per heavy atom. The zero-order chi connectivity index (χ0) is 20.5. The fourth-order valence-electron chi connectivity index (χ4n) is 2.84. The molecule has 0 fully saturated rings. The van der Waals surface area contributed by atoms with Crippen molar-refractivity contribution < 1.29 is 14.0 Å². The summed E-state index contributed by atoms with van der Waals surface area (Å²) in [5.74, 6) is 0.205. The van der Waals surface area contributed by atoms with Gasteiger partial charge in [0.2, 0.25) is 11.8 Å². The molecule has 7 heteroatoms. The molecule has 0 unspecified atom stereocenters. The van der Waals surface area contributed by atoms with Crippen molar-refractivity contribution in [3.63, 3.8) is 0 Å². The quantitative estimate of drug-likeness (QED) is 0.656. The Bertz CT molecular complexity index is 801. The van der Waals surface area contributed by atoms with Crippen molar-refractivity contribution in [3.8, 4) is 0 Å². The number of likely N-dealkylation sites (N-methyl/N-ethyl adjacent to an activating group) is 1. The maximum Gasteiger partial charge on any atom is 0.242 e. The molecular weight excluding hydrogens is 399 g/mol. The van der Waals surface area contributed by atoms with Crippen LogP contribution in [0, 0.1) is 5.82 Å². The summed E-state index contributed by atoms with van der Waals surface area (Å²) in [6.45, 7) is 2.12. The van der Waals surface area contributed by atoms with Crippen LogP contribution in [0.4, 0.5) is 4.39 Å². The molecule has 28 heavy (non-hydrogen) atoms. The van der Waals surface area contributed by atoms with E-state index in [-0.39, 0.29) is 29.9 Å². The Kier molecular flexibility index (Phi) is 8.80. The molecular formula is C21H24ClFN2O2S.